The molecule has 0 fully saturated rings. The highest BCUT2D eigenvalue weighted by atomic mass is 35.5. The summed E-state index contributed by atoms with van der Waals surface area (Å²) in [6.07, 6.45) is 5.33. The smallest absolute Gasteiger partial charge is 0.412 e. The number of nitrogens with two attached hydrogens (primary N) is 2. The van der Waals surface area contributed by atoms with Gasteiger partial charge in [0.1, 0.15) is 39.6 Å². The van der Waals surface area contributed by atoms with E-state index in [1.807, 2.05) is 134 Å². The van der Waals surface area contributed by atoms with Gasteiger partial charge in [-0.05, 0) is 141 Å². The molecule has 18 nitrogen and oxygen atoms in total. The zero-order chi connectivity index (χ0) is 55.5. The number of aromatic nitrogens is 6. The summed E-state index contributed by atoms with van der Waals surface area (Å²) in [7, 11) is 0. The Morgan fingerprint density at radius 1 is 0.582 bits per heavy atom. The second-order valence-corrected chi connectivity index (χ2v) is 18.3. The maximum atomic E-state index is 12.9. The Balaban J connectivity index is 0.000000209. The van der Waals surface area contributed by atoms with Crippen LogP contribution in [0.25, 0.3) is 55.4 Å². The van der Waals surface area contributed by atoms with E-state index < -0.39 is 22.5 Å². The number of nitrogen functional groups attached to an aromatic ring is 2. The minimum atomic E-state index is -0.632. The second-order valence-electron chi connectivity index (χ2n) is 18.0. The standard InChI is InChI=1S/C29H27N5O4.C27H21N5O3.C3H3ClO.FH/c1-29(2,3)38-28(36)31-19-8-7-9-20(16-19)34-17-23(24-25(34)27(35)33-32-26(24)30)18-12-14-22(15-13-18)37-21-10-5-4-6-11-21;1-2-23(33)29-18-7-6-8-19(15-18)32-16-22(24-25(32)27(34)31-30-26(24)28)17-11-13-21(14-12-17)35-20-9-4-3-5-10-20;1-2-3(4)5;/h4-17H,1-3H3,(H2,30,32)(H,31,36)(H,33,35);2-16H,1H2,(H2,28,30)(H,29,33)(H,31,34);2H,1H2;1H. The number of carbonyl (C=O) groups is 3. The number of hydrogen-bond donors (Lipinski definition) is 6. The van der Waals surface area contributed by atoms with Crippen molar-refractivity contribution in [1.29, 1.82) is 0 Å². The number of amides is 2. The largest absolute Gasteiger partial charge is 0.457 e. The first-order valence-corrected chi connectivity index (χ1v) is 24.3. The minimum Gasteiger partial charge on any atom is -0.457 e. The van der Waals surface area contributed by atoms with Crippen LogP contribution in [0.1, 0.15) is 20.8 Å². The first-order chi connectivity index (χ1) is 37.5. The molecule has 0 radical (unpaired) electrons. The molecule has 6 aromatic carbocycles. The number of carbonyl (C=O) groups excluding carboxylic acids is 3. The number of anilines is 4. The van der Waals surface area contributed by atoms with Gasteiger partial charge in [0, 0.05) is 46.3 Å². The Morgan fingerprint density at radius 2 is 0.975 bits per heavy atom. The Morgan fingerprint density at radius 3 is 1.35 bits per heavy atom. The first kappa shape index (κ1) is 56.2. The summed E-state index contributed by atoms with van der Waals surface area (Å²) in [6.45, 7) is 11.9. The Hall–Kier alpha value is -10.5. The zero-order valence-corrected chi connectivity index (χ0v) is 43.5. The molecule has 20 heteroatoms. The summed E-state index contributed by atoms with van der Waals surface area (Å²) in [5, 5.41) is 18.9. The molecule has 0 aliphatic carbocycles. The van der Waals surface area contributed by atoms with Gasteiger partial charge in [-0.25, -0.2) is 15.0 Å². The van der Waals surface area contributed by atoms with Crippen LogP contribution in [0.4, 0.5) is 32.5 Å². The van der Waals surface area contributed by atoms with Crippen LogP contribution in [0, 0.1) is 0 Å². The Bertz CT molecular complexity index is 3950. The summed E-state index contributed by atoms with van der Waals surface area (Å²) >= 11 is 4.71. The van der Waals surface area contributed by atoms with Gasteiger partial charge in [-0.3, -0.25) is 29.2 Å². The van der Waals surface area contributed by atoms with E-state index in [1.54, 1.807) is 66.3 Å². The molecule has 0 bridgehead atoms. The van der Waals surface area contributed by atoms with Gasteiger partial charge < -0.3 is 40.1 Å². The third kappa shape index (κ3) is 13.9. The van der Waals surface area contributed by atoms with E-state index in [0.29, 0.717) is 56.1 Å². The van der Waals surface area contributed by atoms with Crippen LogP contribution in [0.2, 0.25) is 0 Å². The van der Waals surface area contributed by atoms with Gasteiger partial charge >= 0.3 is 6.09 Å². The maximum absolute atomic E-state index is 12.9. The van der Waals surface area contributed by atoms with Gasteiger partial charge in [-0.15, -0.1) is 0 Å². The third-order valence-electron chi connectivity index (χ3n) is 11.3. The van der Waals surface area contributed by atoms with Crippen molar-refractivity contribution in [2.75, 3.05) is 22.1 Å². The molecule has 400 valence electrons. The first-order valence-electron chi connectivity index (χ1n) is 23.9. The summed E-state index contributed by atoms with van der Waals surface area (Å²) in [6, 6.07) is 48.3. The highest BCUT2D eigenvalue weighted by Gasteiger charge is 2.21. The van der Waals surface area contributed by atoms with E-state index in [-0.39, 0.29) is 27.8 Å². The number of H-pyrrole nitrogens is 2. The van der Waals surface area contributed by atoms with Gasteiger partial charge in [0.15, 0.2) is 11.6 Å². The average molecular weight is 1080 g/mol. The predicted octanol–water partition coefficient (Wildman–Crippen LogP) is 12.1. The molecule has 0 saturated heterocycles. The van der Waals surface area contributed by atoms with E-state index in [1.165, 1.54) is 6.08 Å². The molecule has 4 heterocycles. The summed E-state index contributed by atoms with van der Waals surface area (Å²) < 4.78 is 20.6. The van der Waals surface area contributed by atoms with Crippen molar-refractivity contribution in [3.05, 3.63) is 216 Å². The SMILES string of the molecule is C=CC(=O)Cl.C=CC(=O)Nc1cccc(-n2cc(-c3ccc(Oc4ccccc4)cc3)c3c(N)n[nH]c(=O)c32)c1.CC(C)(C)OC(=O)Nc1cccc(-n2cc(-c3ccc(Oc4ccccc4)cc3)c3c(N)n[nH]c(=O)c32)c1.F. The fourth-order valence-electron chi connectivity index (χ4n) is 8.00. The van der Waals surface area contributed by atoms with E-state index in [9.17, 15) is 24.0 Å². The molecule has 0 saturated carbocycles. The normalized spacial score (nSPS) is 10.6. The number of para-hydroxylation sites is 2. The lowest BCUT2D eigenvalue weighted by atomic mass is 10.1. The number of ether oxygens (including phenoxy) is 3. The highest BCUT2D eigenvalue weighted by molar-refractivity contribution is 6.66. The van der Waals surface area contributed by atoms with E-state index >= 15 is 0 Å². The van der Waals surface area contributed by atoms with Crippen LogP contribution in [0.15, 0.2) is 205 Å². The van der Waals surface area contributed by atoms with Crippen molar-refractivity contribution in [2.45, 2.75) is 26.4 Å². The van der Waals surface area contributed by atoms with Crippen LogP contribution in [-0.2, 0) is 14.3 Å². The van der Waals surface area contributed by atoms with Crippen molar-refractivity contribution in [2.24, 2.45) is 0 Å². The van der Waals surface area contributed by atoms with E-state index in [2.05, 4.69) is 44.2 Å². The molecular formula is C59H52ClFN10O8. The summed E-state index contributed by atoms with van der Waals surface area (Å²) in [4.78, 5) is 59.3. The number of halogens is 2. The lowest BCUT2D eigenvalue weighted by Gasteiger charge is -2.19. The number of allylic oxidation sites excluding steroid dienone is 1. The summed E-state index contributed by atoms with van der Waals surface area (Å²) in [5.74, 6) is 2.89. The molecule has 4 aromatic heterocycles. The Kier molecular flexibility index (Phi) is 17.7. The number of fused-ring (bicyclic) bond motifs is 2. The molecule has 0 unspecified atom stereocenters. The number of nitrogens with zero attached hydrogens (tertiary/aromatic N) is 4. The molecule has 79 heavy (non-hydrogen) atoms. The molecule has 0 aliphatic heterocycles. The van der Waals surface area contributed by atoms with Gasteiger partial charge in [-0.2, -0.15) is 10.2 Å². The number of nitrogens with one attached hydrogen (secondary N) is 4. The fraction of sp³-hybridized carbons (Fsp3) is 0.0678. The van der Waals surface area contributed by atoms with Gasteiger partial charge in [0.25, 0.3) is 11.1 Å². The lowest BCUT2D eigenvalue weighted by molar-refractivity contribution is -0.112. The molecule has 0 atom stereocenters. The van der Waals surface area contributed by atoms with Crippen molar-refractivity contribution >= 4 is 73.7 Å². The van der Waals surface area contributed by atoms with Crippen molar-refractivity contribution in [3.8, 4) is 56.6 Å². The van der Waals surface area contributed by atoms with E-state index in [4.69, 9.17) is 37.3 Å². The minimum absolute atomic E-state index is 0. The molecule has 0 spiro atoms. The van der Waals surface area contributed by atoms with E-state index in [0.717, 1.165) is 39.8 Å². The van der Waals surface area contributed by atoms with Crippen molar-refractivity contribution in [1.82, 2.24) is 29.5 Å². The van der Waals surface area contributed by atoms with Crippen molar-refractivity contribution in [3.63, 3.8) is 0 Å². The average Bonchev–Trinajstić information content (AvgIpc) is 4.29. The van der Waals surface area contributed by atoms with Crippen LogP contribution in [0.3, 0.4) is 0 Å². The number of rotatable bonds is 12. The molecule has 0 aliphatic rings. The molecule has 2 amide bonds. The van der Waals surface area contributed by atoms with Crippen molar-refractivity contribution < 1.29 is 33.3 Å². The van der Waals surface area contributed by atoms with Crippen LogP contribution in [0.5, 0.6) is 23.0 Å². The fourth-order valence-corrected chi connectivity index (χ4v) is 8.00. The van der Waals surface area contributed by atoms with Gasteiger partial charge in [-0.1, -0.05) is 86.0 Å². The summed E-state index contributed by atoms with van der Waals surface area (Å²) in [5.41, 5.74) is 17.3. The number of aromatic amines is 2. The van der Waals surface area contributed by atoms with Crippen LogP contribution < -0.4 is 42.7 Å². The van der Waals surface area contributed by atoms with Crippen LogP contribution >= 0.6 is 11.6 Å². The topological polar surface area (TPSA) is 256 Å². The second kappa shape index (κ2) is 24.9. The predicted molar refractivity (Wildman–Crippen MR) is 308 cm³/mol. The maximum Gasteiger partial charge on any atom is 0.412 e. The number of benzene rings is 6. The van der Waals surface area contributed by atoms with Crippen LogP contribution in [-0.4, -0.2) is 52.4 Å². The lowest BCUT2D eigenvalue weighted by Crippen LogP contribution is -2.27. The highest BCUT2D eigenvalue weighted by Crippen LogP contribution is 2.37. The number of hydrogen-bond acceptors (Lipinski definition) is 12. The molecule has 8 N–H and O–H groups in total. The monoisotopic (exact) mass is 1080 g/mol. The van der Waals surface area contributed by atoms with Gasteiger partial charge in [0.2, 0.25) is 11.1 Å². The molecular weight excluding hydrogens is 1030 g/mol. The Labute approximate surface area is 455 Å². The zero-order valence-electron chi connectivity index (χ0n) is 42.7. The van der Waals surface area contributed by atoms with Gasteiger partial charge in [0.05, 0.1) is 10.8 Å². The molecule has 10 rings (SSSR count). The quantitative estimate of drug-likeness (QED) is 0.0493. The third-order valence-corrected chi connectivity index (χ3v) is 11.5. The molecule has 10 aromatic rings.